The van der Waals surface area contributed by atoms with E-state index in [2.05, 4.69) is 21.2 Å². The average Bonchev–Trinajstić information content (AvgIpc) is 2.41. The summed E-state index contributed by atoms with van der Waals surface area (Å²) in [7, 11) is 0. The number of Topliss-reactive ketones (excluding diaryl/α,β-unsaturated/α-hetero) is 1. The van der Waals surface area contributed by atoms with E-state index in [0.29, 0.717) is 16.8 Å². The van der Waals surface area contributed by atoms with E-state index >= 15 is 0 Å². The minimum absolute atomic E-state index is 0.0160. The fraction of sp³-hybridized carbons (Fsp3) is 0.0667. The van der Waals surface area contributed by atoms with Gasteiger partial charge in [0, 0.05) is 15.6 Å². The molecule has 2 rings (SSSR count). The van der Waals surface area contributed by atoms with E-state index in [4.69, 9.17) is 0 Å². The van der Waals surface area contributed by atoms with Gasteiger partial charge in [-0.2, -0.15) is 0 Å². The fourth-order valence-corrected chi connectivity index (χ4v) is 2.00. The minimum atomic E-state index is -0.206. The molecule has 0 spiro atoms. The smallest absolute Gasteiger partial charge is 0.255 e. The number of amides is 1. The van der Waals surface area contributed by atoms with Crippen LogP contribution in [-0.4, -0.2) is 11.7 Å². The SMILES string of the molecule is CC(=O)c1ccc(C(=O)Nc2ccccc2Br)cc1. The first-order valence-corrected chi connectivity index (χ1v) is 6.54. The number of nitrogens with one attached hydrogen (secondary N) is 1. The zero-order chi connectivity index (χ0) is 13.8. The molecule has 0 heterocycles. The molecule has 0 saturated carbocycles. The van der Waals surface area contributed by atoms with Crippen LogP contribution in [0.4, 0.5) is 5.69 Å². The first-order valence-electron chi connectivity index (χ1n) is 5.75. The third kappa shape index (κ3) is 3.29. The number of rotatable bonds is 3. The first-order chi connectivity index (χ1) is 9.08. The molecule has 0 atom stereocenters. The Morgan fingerprint density at radius 2 is 1.53 bits per heavy atom. The molecule has 0 aromatic heterocycles. The first kappa shape index (κ1) is 13.5. The Balaban J connectivity index is 2.16. The number of ketones is 1. The van der Waals surface area contributed by atoms with Gasteiger partial charge in [-0.3, -0.25) is 9.59 Å². The topological polar surface area (TPSA) is 46.2 Å². The van der Waals surface area contributed by atoms with Gasteiger partial charge in [0.25, 0.3) is 5.91 Å². The fourth-order valence-electron chi connectivity index (χ4n) is 1.61. The second-order valence-electron chi connectivity index (χ2n) is 4.07. The summed E-state index contributed by atoms with van der Waals surface area (Å²) in [5.41, 5.74) is 1.82. The molecule has 0 aliphatic rings. The van der Waals surface area contributed by atoms with Gasteiger partial charge in [-0.25, -0.2) is 0 Å². The monoisotopic (exact) mass is 317 g/mol. The highest BCUT2D eigenvalue weighted by atomic mass is 79.9. The zero-order valence-corrected chi connectivity index (χ0v) is 11.9. The number of carbonyl (C=O) groups excluding carboxylic acids is 2. The van der Waals surface area contributed by atoms with Crippen molar-refractivity contribution in [2.24, 2.45) is 0 Å². The zero-order valence-electron chi connectivity index (χ0n) is 10.3. The molecule has 0 aliphatic carbocycles. The minimum Gasteiger partial charge on any atom is -0.321 e. The van der Waals surface area contributed by atoms with Gasteiger partial charge in [0.2, 0.25) is 0 Å². The largest absolute Gasteiger partial charge is 0.321 e. The van der Waals surface area contributed by atoms with Crippen LogP contribution < -0.4 is 5.32 Å². The van der Waals surface area contributed by atoms with E-state index in [1.165, 1.54) is 6.92 Å². The molecule has 0 aliphatic heterocycles. The highest BCUT2D eigenvalue weighted by Crippen LogP contribution is 2.21. The van der Waals surface area contributed by atoms with Gasteiger partial charge < -0.3 is 5.32 Å². The van der Waals surface area contributed by atoms with E-state index < -0.39 is 0 Å². The van der Waals surface area contributed by atoms with E-state index in [1.807, 2.05) is 24.3 Å². The van der Waals surface area contributed by atoms with Crippen molar-refractivity contribution in [1.29, 1.82) is 0 Å². The van der Waals surface area contributed by atoms with E-state index in [9.17, 15) is 9.59 Å². The van der Waals surface area contributed by atoms with Crippen molar-refractivity contribution in [3.63, 3.8) is 0 Å². The van der Waals surface area contributed by atoms with Crippen molar-refractivity contribution in [2.75, 3.05) is 5.32 Å². The predicted molar refractivity (Wildman–Crippen MR) is 78.5 cm³/mol. The van der Waals surface area contributed by atoms with E-state index in [-0.39, 0.29) is 11.7 Å². The average molecular weight is 318 g/mol. The Hall–Kier alpha value is -1.94. The van der Waals surface area contributed by atoms with Crippen LogP contribution in [-0.2, 0) is 0 Å². The summed E-state index contributed by atoms with van der Waals surface area (Å²) in [6, 6.07) is 14.0. The number of anilines is 1. The Labute approximate surface area is 119 Å². The summed E-state index contributed by atoms with van der Waals surface area (Å²) in [5.74, 6) is -0.222. The molecule has 2 aromatic carbocycles. The Kier molecular flexibility index (Phi) is 4.12. The molecule has 0 bridgehead atoms. The number of carbonyl (C=O) groups is 2. The van der Waals surface area contributed by atoms with Gasteiger partial charge >= 0.3 is 0 Å². The molecule has 1 amide bonds. The number of benzene rings is 2. The molecule has 96 valence electrons. The van der Waals surface area contributed by atoms with Gasteiger partial charge in [-0.1, -0.05) is 24.3 Å². The van der Waals surface area contributed by atoms with Crippen LogP contribution in [0.1, 0.15) is 27.6 Å². The molecule has 2 aromatic rings. The number of hydrogen-bond acceptors (Lipinski definition) is 2. The number of hydrogen-bond donors (Lipinski definition) is 1. The third-order valence-corrected chi connectivity index (χ3v) is 3.37. The van der Waals surface area contributed by atoms with E-state index in [1.54, 1.807) is 24.3 Å². The van der Waals surface area contributed by atoms with Crippen molar-refractivity contribution < 1.29 is 9.59 Å². The Morgan fingerprint density at radius 1 is 0.947 bits per heavy atom. The molecule has 0 fully saturated rings. The summed E-state index contributed by atoms with van der Waals surface area (Å²) in [6.45, 7) is 1.50. The molecule has 3 nitrogen and oxygen atoms in total. The van der Waals surface area contributed by atoms with Crippen molar-refractivity contribution >= 4 is 33.3 Å². The third-order valence-electron chi connectivity index (χ3n) is 2.68. The van der Waals surface area contributed by atoms with Gasteiger partial charge in [0.1, 0.15) is 0 Å². The summed E-state index contributed by atoms with van der Waals surface area (Å²) >= 11 is 3.37. The number of halogens is 1. The van der Waals surface area contributed by atoms with Crippen LogP contribution in [0.2, 0.25) is 0 Å². The van der Waals surface area contributed by atoms with Gasteiger partial charge in [0.05, 0.1) is 5.69 Å². The van der Waals surface area contributed by atoms with Crippen LogP contribution in [0.15, 0.2) is 53.0 Å². The molecular weight excluding hydrogens is 306 g/mol. The summed E-state index contributed by atoms with van der Waals surface area (Å²) in [4.78, 5) is 23.2. The molecule has 19 heavy (non-hydrogen) atoms. The van der Waals surface area contributed by atoms with Gasteiger partial charge in [0.15, 0.2) is 5.78 Å². The maximum Gasteiger partial charge on any atom is 0.255 e. The normalized spacial score (nSPS) is 10.0. The lowest BCUT2D eigenvalue weighted by atomic mass is 10.1. The Morgan fingerprint density at radius 3 is 2.11 bits per heavy atom. The van der Waals surface area contributed by atoms with Crippen LogP contribution in [0.25, 0.3) is 0 Å². The summed E-state index contributed by atoms with van der Waals surface area (Å²) in [5, 5.41) is 2.80. The molecular formula is C15H12BrNO2. The highest BCUT2D eigenvalue weighted by Gasteiger charge is 2.08. The lowest BCUT2D eigenvalue weighted by molar-refractivity contribution is 0.100. The van der Waals surface area contributed by atoms with Crippen molar-refractivity contribution in [1.82, 2.24) is 0 Å². The molecule has 4 heteroatoms. The second-order valence-corrected chi connectivity index (χ2v) is 4.92. The highest BCUT2D eigenvalue weighted by molar-refractivity contribution is 9.10. The standard InChI is InChI=1S/C15H12BrNO2/c1-10(18)11-6-8-12(9-7-11)15(19)17-14-5-3-2-4-13(14)16/h2-9H,1H3,(H,17,19). The lowest BCUT2D eigenvalue weighted by Gasteiger charge is -2.07. The lowest BCUT2D eigenvalue weighted by Crippen LogP contribution is -2.12. The Bertz CT molecular complexity index is 620. The van der Waals surface area contributed by atoms with Crippen molar-refractivity contribution in [2.45, 2.75) is 6.92 Å². The van der Waals surface area contributed by atoms with Crippen LogP contribution >= 0.6 is 15.9 Å². The van der Waals surface area contributed by atoms with Gasteiger partial charge in [-0.15, -0.1) is 0 Å². The van der Waals surface area contributed by atoms with Gasteiger partial charge in [-0.05, 0) is 47.1 Å². The molecule has 0 unspecified atom stereocenters. The van der Waals surface area contributed by atoms with Crippen LogP contribution in [0, 0.1) is 0 Å². The molecule has 0 saturated heterocycles. The van der Waals surface area contributed by atoms with Crippen molar-refractivity contribution in [3.8, 4) is 0 Å². The maximum absolute atomic E-state index is 12.0. The summed E-state index contributed by atoms with van der Waals surface area (Å²) < 4.78 is 0.823. The van der Waals surface area contributed by atoms with Crippen molar-refractivity contribution in [3.05, 3.63) is 64.1 Å². The summed E-state index contributed by atoms with van der Waals surface area (Å²) in [6.07, 6.45) is 0. The number of para-hydroxylation sites is 1. The maximum atomic E-state index is 12.0. The molecule has 1 N–H and O–H groups in total. The van der Waals surface area contributed by atoms with Crippen LogP contribution in [0.5, 0.6) is 0 Å². The predicted octanol–water partition coefficient (Wildman–Crippen LogP) is 3.90. The quantitative estimate of drug-likeness (QED) is 0.872. The van der Waals surface area contributed by atoms with E-state index in [0.717, 1.165) is 4.47 Å². The second kappa shape index (κ2) is 5.80. The molecule has 0 radical (unpaired) electrons. The van der Waals surface area contributed by atoms with Crippen LogP contribution in [0.3, 0.4) is 0 Å².